The molecule has 1 atom stereocenters. The van der Waals surface area contributed by atoms with Gasteiger partial charge in [-0.3, -0.25) is 9.36 Å². The maximum Gasteiger partial charge on any atom is 0.412 e. The molecule has 0 saturated heterocycles. The summed E-state index contributed by atoms with van der Waals surface area (Å²) in [5, 5.41) is 0. The third-order valence-corrected chi connectivity index (χ3v) is 1.96. The fraction of sp³-hybridized carbons (Fsp3) is 0.800. The minimum Gasteiger partial charge on any atom is -0.469 e. The van der Waals surface area contributed by atoms with E-state index in [0.29, 0.717) is 0 Å². The lowest BCUT2D eigenvalue weighted by Gasteiger charge is -2.06. The molecule has 0 aromatic rings. The van der Waals surface area contributed by atoms with Gasteiger partial charge in [-0.25, -0.2) is 0 Å². The predicted molar refractivity (Wildman–Crippen MR) is 37.9 cm³/mol. The van der Waals surface area contributed by atoms with Crippen LogP contribution in [0.15, 0.2) is 0 Å². The lowest BCUT2D eigenvalue weighted by atomic mass is 10.7. The summed E-state index contributed by atoms with van der Waals surface area (Å²) in [6, 6.07) is 0. The summed E-state index contributed by atoms with van der Waals surface area (Å²) in [5.41, 5.74) is 0. The Bertz CT molecular complexity index is 202. The molecule has 78 valence electrons. The number of hydrogen-bond donors (Lipinski definition) is 0. The number of rotatable bonds is 4. The Kier molecular flexibility index (Phi) is 5.02. The molecule has 0 bridgehead atoms. The van der Waals surface area contributed by atoms with Crippen molar-refractivity contribution < 1.29 is 31.8 Å². The van der Waals surface area contributed by atoms with Crippen LogP contribution in [0.2, 0.25) is 0 Å². The third-order valence-electron chi connectivity index (χ3n) is 0.913. The number of alkyl halides is 3. The summed E-state index contributed by atoms with van der Waals surface area (Å²) < 4.78 is 53.0. The second-order valence-electron chi connectivity index (χ2n) is 2.03. The average Bonchev–Trinajstić information content (AvgIpc) is 1.99. The van der Waals surface area contributed by atoms with Crippen LogP contribution in [0.4, 0.5) is 13.2 Å². The third kappa shape index (κ3) is 7.80. The zero-order valence-corrected chi connectivity index (χ0v) is 7.68. The maximum absolute atomic E-state index is 11.5. The van der Waals surface area contributed by atoms with Crippen LogP contribution < -0.4 is 0 Å². The van der Waals surface area contributed by atoms with Crippen LogP contribution >= 0.6 is 8.03 Å². The minimum absolute atomic E-state index is 0.628. The summed E-state index contributed by atoms with van der Waals surface area (Å²) in [6.45, 7) is -1.61. The monoisotopic (exact) mass is 220 g/mol. The van der Waals surface area contributed by atoms with Crippen molar-refractivity contribution in [3.63, 3.8) is 0 Å². The molecule has 8 heteroatoms. The molecule has 0 N–H and O–H groups in total. The van der Waals surface area contributed by atoms with Crippen molar-refractivity contribution in [3.8, 4) is 0 Å². The van der Waals surface area contributed by atoms with Crippen molar-refractivity contribution in [1.29, 1.82) is 0 Å². The molecule has 0 aromatic heterocycles. The SMILES string of the molecule is COC(=O)C[PH](=O)OCC(F)(F)F. The van der Waals surface area contributed by atoms with E-state index in [-0.39, 0.29) is 0 Å². The van der Waals surface area contributed by atoms with Gasteiger partial charge in [-0.2, -0.15) is 13.2 Å². The Labute approximate surface area is 72.9 Å². The first-order chi connectivity index (χ1) is 5.85. The fourth-order valence-electron chi connectivity index (χ4n) is 0.403. The van der Waals surface area contributed by atoms with Crippen LogP contribution in [0.3, 0.4) is 0 Å². The van der Waals surface area contributed by atoms with Crippen LogP contribution in [0.1, 0.15) is 0 Å². The number of ether oxygens (including phenoxy) is 1. The van der Waals surface area contributed by atoms with Gasteiger partial charge in [0.15, 0.2) is 0 Å². The molecule has 0 aliphatic rings. The van der Waals surface area contributed by atoms with Gasteiger partial charge in [-0.15, -0.1) is 0 Å². The Morgan fingerprint density at radius 2 is 2.00 bits per heavy atom. The van der Waals surface area contributed by atoms with Gasteiger partial charge in [0, 0.05) is 0 Å². The van der Waals surface area contributed by atoms with E-state index in [1.807, 2.05) is 0 Å². The first kappa shape index (κ1) is 12.4. The van der Waals surface area contributed by atoms with Crippen molar-refractivity contribution in [2.24, 2.45) is 0 Å². The van der Waals surface area contributed by atoms with Crippen LogP contribution in [-0.4, -0.2) is 32.0 Å². The van der Waals surface area contributed by atoms with Gasteiger partial charge in [-0.1, -0.05) is 0 Å². The molecule has 0 rings (SSSR count). The Balaban J connectivity index is 3.70. The second kappa shape index (κ2) is 5.24. The molecule has 0 heterocycles. The molecule has 0 aliphatic carbocycles. The first-order valence-electron chi connectivity index (χ1n) is 3.14. The van der Waals surface area contributed by atoms with Crippen molar-refractivity contribution >= 4 is 14.0 Å². The Hall–Kier alpha value is -0.550. The minimum atomic E-state index is -4.53. The lowest BCUT2D eigenvalue weighted by Crippen LogP contribution is -2.15. The predicted octanol–water partition coefficient (Wildman–Crippen LogP) is 1.21. The van der Waals surface area contributed by atoms with Crippen molar-refractivity contribution in [2.45, 2.75) is 6.18 Å². The van der Waals surface area contributed by atoms with Gasteiger partial charge in [0.25, 0.3) is 0 Å². The van der Waals surface area contributed by atoms with Crippen molar-refractivity contribution in [3.05, 3.63) is 0 Å². The largest absolute Gasteiger partial charge is 0.469 e. The van der Waals surface area contributed by atoms with E-state index >= 15 is 0 Å². The van der Waals surface area contributed by atoms with E-state index in [2.05, 4.69) is 9.26 Å². The van der Waals surface area contributed by atoms with E-state index in [4.69, 9.17) is 0 Å². The molecular formula is C5H8F3O4P. The first-order valence-corrected chi connectivity index (χ1v) is 4.66. The molecule has 0 spiro atoms. The molecule has 0 fully saturated rings. The number of carbonyl (C=O) groups excluding carboxylic acids is 1. The maximum atomic E-state index is 11.5. The summed E-state index contributed by atoms with van der Waals surface area (Å²) in [7, 11) is -1.94. The van der Waals surface area contributed by atoms with E-state index in [0.717, 1.165) is 7.11 Å². The highest BCUT2D eigenvalue weighted by Gasteiger charge is 2.28. The van der Waals surface area contributed by atoms with Crippen LogP contribution in [0.5, 0.6) is 0 Å². The smallest absolute Gasteiger partial charge is 0.412 e. The zero-order chi connectivity index (χ0) is 10.5. The normalized spacial score (nSPS) is 13.8. The quantitative estimate of drug-likeness (QED) is 0.527. The summed E-state index contributed by atoms with van der Waals surface area (Å²) in [4.78, 5) is 10.4. The van der Waals surface area contributed by atoms with Gasteiger partial charge >= 0.3 is 12.1 Å². The van der Waals surface area contributed by atoms with Gasteiger partial charge in [0.2, 0.25) is 8.03 Å². The molecule has 13 heavy (non-hydrogen) atoms. The highest BCUT2D eigenvalue weighted by molar-refractivity contribution is 7.40. The molecule has 1 unspecified atom stereocenters. The van der Waals surface area contributed by atoms with Gasteiger partial charge < -0.3 is 9.26 Å². The topological polar surface area (TPSA) is 52.6 Å². The Morgan fingerprint density at radius 3 is 2.38 bits per heavy atom. The van der Waals surface area contributed by atoms with Crippen molar-refractivity contribution in [2.75, 3.05) is 19.9 Å². The molecular weight excluding hydrogens is 212 g/mol. The molecule has 0 aromatic carbocycles. The number of esters is 1. The molecule has 4 nitrogen and oxygen atoms in total. The summed E-state index contributed by atoms with van der Waals surface area (Å²) in [5.74, 6) is -0.855. The highest BCUT2D eigenvalue weighted by atomic mass is 31.1. The van der Waals surface area contributed by atoms with Gasteiger partial charge in [0.05, 0.1) is 7.11 Å². The number of halogens is 3. The van der Waals surface area contributed by atoms with E-state index in [1.165, 1.54) is 0 Å². The standard InChI is InChI=1S/C5H8F3O4P/c1-11-4(9)2-13(10)12-3-5(6,7)8/h13H,2-3H2,1H3. The highest BCUT2D eigenvalue weighted by Crippen LogP contribution is 2.26. The second-order valence-corrected chi connectivity index (χ2v) is 3.42. The van der Waals surface area contributed by atoms with E-state index < -0.39 is 32.9 Å². The molecule has 0 amide bonds. The Morgan fingerprint density at radius 1 is 1.46 bits per heavy atom. The number of carbonyl (C=O) groups is 1. The lowest BCUT2D eigenvalue weighted by molar-refractivity contribution is -0.153. The number of methoxy groups -OCH3 is 1. The van der Waals surface area contributed by atoms with E-state index in [1.54, 1.807) is 0 Å². The molecule has 0 aliphatic heterocycles. The van der Waals surface area contributed by atoms with Crippen molar-refractivity contribution in [1.82, 2.24) is 0 Å². The van der Waals surface area contributed by atoms with Crippen LogP contribution in [0.25, 0.3) is 0 Å². The zero-order valence-electron chi connectivity index (χ0n) is 6.68. The summed E-state index contributed by atoms with van der Waals surface area (Å²) >= 11 is 0. The summed E-state index contributed by atoms with van der Waals surface area (Å²) in [6.07, 6.45) is -5.16. The fourth-order valence-corrected chi connectivity index (χ4v) is 1.21. The molecule has 0 radical (unpaired) electrons. The van der Waals surface area contributed by atoms with Crippen LogP contribution in [0, 0.1) is 0 Å². The van der Waals surface area contributed by atoms with Crippen LogP contribution in [-0.2, 0) is 18.6 Å². The molecule has 0 saturated carbocycles. The average molecular weight is 220 g/mol. The number of hydrogen-bond acceptors (Lipinski definition) is 4. The van der Waals surface area contributed by atoms with E-state index in [9.17, 15) is 22.5 Å². The van der Waals surface area contributed by atoms with Gasteiger partial charge in [-0.05, 0) is 0 Å². The van der Waals surface area contributed by atoms with Gasteiger partial charge in [0.1, 0.15) is 12.8 Å².